The molecule has 0 radical (unpaired) electrons. The second kappa shape index (κ2) is 10.7. The Kier molecular flexibility index (Phi) is 8.06. The summed E-state index contributed by atoms with van der Waals surface area (Å²) in [4.78, 5) is 10.6. The van der Waals surface area contributed by atoms with Crippen LogP contribution in [0.5, 0.6) is 0 Å². The van der Waals surface area contributed by atoms with E-state index in [-0.39, 0.29) is 6.54 Å². The largest absolute Gasteiger partial charge is 0.434 e. The van der Waals surface area contributed by atoms with E-state index in [1.165, 1.54) is 5.56 Å². The predicted octanol–water partition coefficient (Wildman–Crippen LogP) is 3.25. The fourth-order valence-corrected chi connectivity index (χ4v) is 3.79. The Balaban J connectivity index is 1.62. The van der Waals surface area contributed by atoms with E-state index < -0.39 is 11.9 Å². The van der Waals surface area contributed by atoms with Gasteiger partial charge in [-0.2, -0.15) is 13.2 Å². The average molecular weight is 442 g/mol. The highest BCUT2D eigenvalue weighted by Crippen LogP contribution is 2.29. The van der Waals surface area contributed by atoms with Crippen LogP contribution in [-0.4, -0.2) is 48.7 Å². The van der Waals surface area contributed by atoms with E-state index in [1.54, 1.807) is 0 Å². The maximum atomic E-state index is 12.7. The second-order valence-corrected chi connectivity index (χ2v) is 7.77. The zero-order valence-corrected chi connectivity index (χ0v) is 17.7. The molecule has 1 fully saturated rings. The molecule has 0 spiro atoms. The minimum atomic E-state index is -4.42. The standard InChI is InChI=1S/C20H26F3N5OS/c1-2-24-19(26-12-18-27-17(14-30-18)20(21,22)23)25-11-15-5-3-4-6-16(15)13-28-7-9-29-10-8-28/h3-6,14H,2,7-13H2,1H3,(H2,24,25,26). The lowest BCUT2D eigenvalue weighted by molar-refractivity contribution is -0.140. The normalized spacial score (nSPS) is 15.9. The predicted molar refractivity (Wildman–Crippen MR) is 111 cm³/mol. The first-order valence-corrected chi connectivity index (χ1v) is 10.7. The molecular weight excluding hydrogens is 415 g/mol. The molecule has 0 amide bonds. The van der Waals surface area contributed by atoms with Crippen LogP contribution in [0.25, 0.3) is 0 Å². The summed E-state index contributed by atoms with van der Waals surface area (Å²) in [6.45, 7) is 7.41. The molecule has 164 valence electrons. The third-order valence-electron chi connectivity index (χ3n) is 4.62. The lowest BCUT2D eigenvalue weighted by atomic mass is 10.1. The highest BCUT2D eigenvalue weighted by atomic mass is 32.1. The van der Waals surface area contributed by atoms with Crippen molar-refractivity contribution in [3.63, 3.8) is 0 Å². The van der Waals surface area contributed by atoms with Crippen molar-refractivity contribution in [2.45, 2.75) is 32.7 Å². The molecule has 1 saturated heterocycles. The number of hydrogen-bond acceptors (Lipinski definition) is 5. The summed E-state index contributed by atoms with van der Waals surface area (Å²) >= 11 is 0.981. The number of rotatable bonds is 7. The van der Waals surface area contributed by atoms with Crippen LogP contribution in [0.2, 0.25) is 0 Å². The molecule has 0 saturated carbocycles. The number of morpholine rings is 1. The van der Waals surface area contributed by atoms with E-state index in [1.807, 2.05) is 19.1 Å². The van der Waals surface area contributed by atoms with Crippen molar-refractivity contribution in [1.82, 2.24) is 20.5 Å². The van der Waals surface area contributed by atoms with Crippen LogP contribution in [0.15, 0.2) is 34.6 Å². The number of benzene rings is 1. The van der Waals surface area contributed by atoms with E-state index in [0.29, 0.717) is 24.1 Å². The first-order valence-electron chi connectivity index (χ1n) is 9.86. The summed E-state index contributed by atoms with van der Waals surface area (Å²) < 4.78 is 43.5. The molecule has 2 N–H and O–H groups in total. The smallest absolute Gasteiger partial charge is 0.379 e. The number of hydrogen-bond donors (Lipinski definition) is 2. The Morgan fingerprint density at radius 2 is 1.93 bits per heavy atom. The summed E-state index contributed by atoms with van der Waals surface area (Å²) in [6, 6.07) is 8.17. The molecule has 10 heteroatoms. The van der Waals surface area contributed by atoms with Gasteiger partial charge in [-0.25, -0.2) is 9.98 Å². The molecule has 1 aliphatic rings. The van der Waals surface area contributed by atoms with Crippen LogP contribution < -0.4 is 10.6 Å². The number of aliphatic imine (C=N–C) groups is 1. The van der Waals surface area contributed by atoms with Gasteiger partial charge in [-0.05, 0) is 18.1 Å². The monoisotopic (exact) mass is 441 g/mol. The first-order chi connectivity index (χ1) is 14.5. The number of nitrogens with one attached hydrogen (secondary N) is 2. The molecule has 2 aromatic rings. The van der Waals surface area contributed by atoms with Gasteiger partial charge in [0.05, 0.1) is 26.3 Å². The van der Waals surface area contributed by atoms with Gasteiger partial charge < -0.3 is 15.4 Å². The molecule has 0 bridgehead atoms. The minimum absolute atomic E-state index is 0.183. The first kappa shape index (κ1) is 22.5. The van der Waals surface area contributed by atoms with Crippen molar-refractivity contribution in [2.24, 2.45) is 4.99 Å². The highest BCUT2D eigenvalue weighted by molar-refractivity contribution is 7.09. The molecule has 1 aromatic carbocycles. The summed E-state index contributed by atoms with van der Waals surface area (Å²) in [7, 11) is 0. The Hall–Kier alpha value is -2.17. The summed E-state index contributed by atoms with van der Waals surface area (Å²) in [6.07, 6.45) is -4.42. The van der Waals surface area contributed by atoms with Gasteiger partial charge in [0.15, 0.2) is 11.7 Å². The Morgan fingerprint density at radius 3 is 2.60 bits per heavy atom. The number of guanidine groups is 1. The third kappa shape index (κ3) is 6.68. The van der Waals surface area contributed by atoms with Crippen molar-refractivity contribution in [3.8, 4) is 0 Å². The quantitative estimate of drug-likeness (QED) is 0.510. The van der Waals surface area contributed by atoms with Gasteiger partial charge in [-0.3, -0.25) is 4.90 Å². The zero-order chi connectivity index (χ0) is 21.4. The van der Waals surface area contributed by atoms with Crippen molar-refractivity contribution in [2.75, 3.05) is 32.8 Å². The maximum absolute atomic E-state index is 12.7. The summed E-state index contributed by atoms with van der Waals surface area (Å²) in [5.74, 6) is 0.544. The zero-order valence-electron chi connectivity index (χ0n) is 16.8. The Labute approximate surface area is 178 Å². The van der Waals surface area contributed by atoms with Gasteiger partial charge in [-0.15, -0.1) is 11.3 Å². The molecule has 30 heavy (non-hydrogen) atoms. The third-order valence-corrected chi connectivity index (χ3v) is 5.47. The molecule has 6 nitrogen and oxygen atoms in total. The number of aromatic nitrogens is 1. The van der Waals surface area contributed by atoms with Crippen LogP contribution >= 0.6 is 11.3 Å². The van der Waals surface area contributed by atoms with Gasteiger partial charge in [0, 0.05) is 31.6 Å². The van der Waals surface area contributed by atoms with Crippen LogP contribution in [-0.2, 0) is 30.5 Å². The van der Waals surface area contributed by atoms with Crippen molar-refractivity contribution < 1.29 is 17.9 Å². The van der Waals surface area contributed by atoms with E-state index in [9.17, 15) is 13.2 Å². The molecular formula is C20H26F3N5OS. The summed E-state index contributed by atoms with van der Waals surface area (Å²) in [5.41, 5.74) is 1.48. The lowest BCUT2D eigenvalue weighted by Crippen LogP contribution is -2.37. The number of nitrogens with zero attached hydrogens (tertiary/aromatic N) is 3. The van der Waals surface area contributed by atoms with Gasteiger partial charge in [-0.1, -0.05) is 24.3 Å². The molecule has 1 aromatic heterocycles. The Bertz CT molecular complexity index is 834. The molecule has 0 unspecified atom stereocenters. The van der Waals surface area contributed by atoms with E-state index >= 15 is 0 Å². The topological polar surface area (TPSA) is 61.8 Å². The van der Waals surface area contributed by atoms with E-state index in [0.717, 1.165) is 55.1 Å². The Morgan fingerprint density at radius 1 is 1.20 bits per heavy atom. The van der Waals surface area contributed by atoms with E-state index in [4.69, 9.17) is 4.74 Å². The van der Waals surface area contributed by atoms with E-state index in [2.05, 4.69) is 37.6 Å². The SMILES string of the molecule is CCNC(=NCc1ccccc1CN1CCOCC1)NCc1nc(C(F)(F)F)cs1. The molecule has 1 aliphatic heterocycles. The van der Waals surface area contributed by atoms with Gasteiger partial charge >= 0.3 is 6.18 Å². The lowest BCUT2D eigenvalue weighted by Gasteiger charge is -2.27. The fourth-order valence-electron chi connectivity index (χ4n) is 3.05. The highest BCUT2D eigenvalue weighted by Gasteiger charge is 2.33. The molecule has 3 rings (SSSR count). The second-order valence-electron chi connectivity index (χ2n) is 6.83. The molecule has 2 heterocycles. The number of alkyl halides is 3. The van der Waals surface area contributed by atoms with Crippen LogP contribution in [0.3, 0.4) is 0 Å². The number of ether oxygens (including phenoxy) is 1. The van der Waals surface area contributed by atoms with Crippen LogP contribution in [0.1, 0.15) is 28.8 Å². The number of halogens is 3. The van der Waals surface area contributed by atoms with Crippen LogP contribution in [0, 0.1) is 0 Å². The van der Waals surface area contributed by atoms with Gasteiger partial charge in [0.2, 0.25) is 0 Å². The molecule has 0 aliphatic carbocycles. The van der Waals surface area contributed by atoms with Crippen molar-refractivity contribution in [1.29, 1.82) is 0 Å². The average Bonchev–Trinajstić information content (AvgIpc) is 3.21. The van der Waals surface area contributed by atoms with Gasteiger partial charge in [0.25, 0.3) is 0 Å². The fraction of sp³-hybridized carbons (Fsp3) is 0.500. The maximum Gasteiger partial charge on any atom is 0.434 e. The van der Waals surface area contributed by atoms with Crippen molar-refractivity contribution in [3.05, 3.63) is 51.5 Å². The van der Waals surface area contributed by atoms with Crippen LogP contribution in [0.4, 0.5) is 13.2 Å². The summed E-state index contributed by atoms with van der Waals surface area (Å²) in [5, 5.41) is 7.59. The van der Waals surface area contributed by atoms with Crippen molar-refractivity contribution >= 4 is 17.3 Å². The van der Waals surface area contributed by atoms with Gasteiger partial charge in [0.1, 0.15) is 5.01 Å². The molecule has 0 atom stereocenters. The number of thiazole rings is 1. The minimum Gasteiger partial charge on any atom is -0.379 e.